The van der Waals surface area contributed by atoms with Gasteiger partial charge in [0.2, 0.25) is 0 Å². The second-order valence-electron chi connectivity index (χ2n) is 5.15. The van der Waals surface area contributed by atoms with Crippen molar-refractivity contribution in [2.45, 2.75) is 58.0 Å². The van der Waals surface area contributed by atoms with Gasteiger partial charge in [-0.3, -0.25) is 0 Å². The van der Waals surface area contributed by atoms with Gasteiger partial charge in [0.05, 0.1) is 5.69 Å². The summed E-state index contributed by atoms with van der Waals surface area (Å²) < 4.78 is 5.32. The monoisotopic (exact) mass is 251 g/mol. The Balaban J connectivity index is 1.54. The molecule has 0 amide bonds. The fourth-order valence-corrected chi connectivity index (χ4v) is 1.97. The Morgan fingerprint density at radius 3 is 3.00 bits per heavy atom. The zero-order chi connectivity index (χ0) is 12.6. The molecule has 2 N–H and O–H groups in total. The van der Waals surface area contributed by atoms with Gasteiger partial charge in [-0.1, -0.05) is 12.1 Å². The Morgan fingerprint density at radius 1 is 1.33 bits per heavy atom. The number of unbranched alkanes of at least 4 members (excludes halogenated alkanes) is 1. The molecule has 0 radical (unpaired) electrons. The van der Waals surface area contributed by atoms with E-state index >= 15 is 0 Å². The molecule has 4 nitrogen and oxygen atoms in total. The van der Waals surface area contributed by atoms with Crippen LogP contribution in [0.5, 0.6) is 0 Å². The largest absolute Gasteiger partial charge is 0.361 e. The van der Waals surface area contributed by atoms with Gasteiger partial charge in [-0.25, -0.2) is 0 Å². The first-order valence-corrected chi connectivity index (χ1v) is 7.27. The third-order valence-electron chi connectivity index (χ3n) is 3.20. The minimum absolute atomic E-state index is 0.820. The Hall–Kier alpha value is -0.870. The molecule has 1 aromatic rings. The molecule has 1 aromatic heterocycles. The summed E-state index contributed by atoms with van der Waals surface area (Å²) in [5.41, 5.74) is 1.02. The molecule has 0 aliphatic heterocycles. The van der Waals surface area contributed by atoms with E-state index in [4.69, 9.17) is 4.52 Å². The third-order valence-corrected chi connectivity index (χ3v) is 3.20. The first kappa shape index (κ1) is 13.6. The molecule has 1 heterocycles. The van der Waals surface area contributed by atoms with Crippen LogP contribution >= 0.6 is 0 Å². The summed E-state index contributed by atoms with van der Waals surface area (Å²) in [6.45, 7) is 5.16. The van der Waals surface area contributed by atoms with Gasteiger partial charge in [0.15, 0.2) is 0 Å². The van der Waals surface area contributed by atoms with E-state index in [0.29, 0.717) is 0 Å². The number of aryl methyl sites for hydroxylation is 1. The maximum atomic E-state index is 5.32. The highest BCUT2D eigenvalue weighted by molar-refractivity contribution is 5.05. The van der Waals surface area contributed by atoms with Crippen LogP contribution in [0.1, 0.15) is 50.5 Å². The lowest BCUT2D eigenvalue weighted by molar-refractivity contribution is 0.371. The molecular weight excluding hydrogens is 226 g/mol. The van der Waals surface area contributed by atoms with E-state index in [1.54, 1.807) is 0 Å². The summed E-state index contributed by atoms with van der Waals surface area (Å²) in [5.74, 6) is 1.02. The average molecular weight is 251 g/mol. The zero-order valence-electron chi connectivity index (χ0n) is 11.4. The number of rotatable bonds is 10. The van der Waals surface area contributed by atoms with Crippen LogP contribution in [0.15, 0.2) is 10.6 Å². The van der Waals surface area contributed by atoms with Crippen molar-refractivity contribution in [3.63, 3.8) is 0 Å². The van der Waals surface area contributed by atoms with Crippen LogP contribution in [-0.4, -0.2) is 24.3 Å². The Labute approximate surface area is 110 Å². The predicted octanol–water partition coefficient (Wildman–Crippen LogP) is 2.25. The van der Waals surface area contributed by atoms with Crippen LogP contribution < -0.4 is 10.6 Å². The van der Waals surface area contributed by atoms with E-state index in [1.807, 2.05) is 0 Å². The molecule has 0 aromatic carbocycles. The molecule has 1 fully saturated rings. The van der Waals surface area contributed by atoms with Gasteiger partial charge < -0.3 is 15.2 Å². The fraction of sp³-hybridized carbons (Fsp3) is 0.786. The van der Waals surface area contributed by atoms with Crippen molar-refractivity contribution in [3.05, 3.63) is 17.5 Å². The average Bonchev–Trinajstić information content (AvgIpc) is 3.09. The van der Waals surface area contributed by atoms with Crippen LogP contribution in [-0.2, 0) is 13.0 Å². The molecule has 0 bridgehead atoms. The molecule has 0 saturated heterocycles. The summed E-state index contributed by atoms with van der Waals surface area (Å²) >= 11 is 0. The standard InChI is InChI=1S/C14H25N3O/c1-2-8-15-11-13-10-14(18-17-13)5-3-4-9-16-12-6-7-12/h10,12,15-16H,2-9,11H2,1H3. The number of aromatic nitrogens is 1. The predicted molar refractivity (Wildman–Crippen MR) is 72.5 cm³/mol. The van der Waals surface area contributed by atoms with E-state index in [2.05, 4.69) is 28.8 Å². The normalized spacial score (nSPS) is 15.2. The topological polar surface area (TPSA) is 50.1 Å². The van der Waals surface area contributed by atoms with Crippen molar-refractivity contribution in [2.24, 2.45) is 0 Å². The maximum absolute atomic E-state index is 5.32. The highest BCUT2D eigenvalue weighted by atomic mass is 16.5. The van der Waals surface area contributed by atoms with Crippen molar-refractivity contribution in [2.75, 3.05) is 13.1 Å². The molecular formula is C14H25N3O. The number of nitrogens with one attached hydrogen (secondary N) is 2. The van der Waals surface area contributed by atoms with Crippen molar-refractivity contribution in [1.29, 1.82) is 0 Å². The van der Waals surface area contributed by atoms with Crippen LogP contribution in [0.4, 0.5) is 0 Å². The van der Waals surface area contributed by atoms with Gasteiger partial charge in [-0.05, 0) is 45.2 Å². The van der Waals surface area contributed by atoms with Gasteiger partial charge in [0, 0.05) is 25.1 Å². The highest BCUT2D eigenvalue weighted by Gasteiger charge is 2.19. The van der Waals surface area contributed by atoms with Crippen LogP contribution in [0, 0.1) is 0 Å². The van der Waals surface area contributed by atoms with Gasteiger partial charge in [-0.2, -0.15) is 0 Å². The molecule has 0 spiro atoms. The first-order chi connectivity index (χ1) is 8.88. The van der Waals surface area contributed by atoms with E-state index in [9.17, 15) is 0 Å². The number of hydrogen-bond donors (Lipinski definition) is 2. The SMILES string of the molecule is CCCNCc1cc(CCCCNC2CC2)on1. The van der Waals surface area contributed by atoms with Gasteiger partial charge >= 0.3 is 0 Å². The van der Waals surface area contributed by atoms with E-state index in [-0.39, 0.29) is 0 Å². The second kappa shape index (κ2) is 7.54. The maximum Gasteiger partial charge on any atom is 0.137 e. The quantitative estimate of drug-likeness (QED) is 0.626. The lowest BCUT2D eigenvalue weighted by Gasteiger charge is -2.00. The molecule has 102 valence electrons. The van der Waals surface area contributed by atoms with E-state index in [1.165, 1.54) is 25.7 Å². The van der Waals surface area contributed by atoms with E-state index < -0.39 is 0 Å². The van der Waals surface area contributed by atoms with E-state index in [0.717, 1.165) is 50.0 Å². The lowest BCUT2D eigenvalue weighted by Crippen LogP contribution is -2.17. The zero-order valence-corrected chi connectivity index (χ0v) is 11.4. The second-order valence-corrected chi connectivity index (χ2v) is 5.15. The smallest absolute Gasteiger partial charge is 0.137 e. The molecule has 0 unspecified atom stereocenters. The van der Waals surface area contributed by atoms with Crippen molar-refractivity contribution in [1.82, 2.24) is 15.8 Å². The van der Waals surface area contributed by atoms with Crippen molar-refractivity contribution < 1.29 is 4.52 Å². The summed E-state index contributed by atoms with van der Waals surface area (Å²) in [5, 5.41) is 10.9. The molecule has 1 aliphatic rings. The van der Waals surface area contributed by atoms with Crippen LogP contribution in [0.2, 0.25) is 0 Å². The molecule has 2 rings (SSSR count). The van der Waals surface area contributed by atoms with Crippen LogP contribution in [0.25, 0.3) is 0 Å². The number of hydrogen-bond acceptors (Lipinski definition) is 4. The molecule has 18 heavy (non-hydrogen) atoms. The first-order valence-electron chi connectivity index (χ1n) is 7.27. The van der Waals surface area contributed by atoms with Crippen molar-refractivity contribution >= 4 is 0 Å². The van der Waals surface area contributed by atoms with Gasteiger partial charge in [0.25, 0.3) is 0 Å². The van der Waals surface area contributed by atoms with Gasteiger partial charge in [0.1, 0.15) is 5.76 Å². The summed E-state index contributed by atoms with van der Waals surface area (Å²) in [7, 11) is 0. The summed E-state index contributed by atoms with van der Waals surface area (Å²) in [6, 6.07) is 2.91. The number of nitrogens with zero attached hydrogens (tertiary/aromatic N) is 1. The molecule has 0 atom stereocenters. The summed E-state index contributed by atoms with van der Waals surface area (Å²) in [4.78, 5) is 0. The lowest BCUT2D eigenvalue weighted by atomic mass is 10.2. The van der Waals surface area contributed by atoms with Crippen LogP contribution in [0.3, 0.4) is 0 Å². The minimum atomic E-state index is 0.820. The van der Waals surface area contributed by atoms with Crippen molar-refractivity contribution in [3.8, 4) is 0 Å². The fourth-order valence-electron chi connectivity index (χ4n) is 1.97. The highest BCUT2D eigenvalue weighted by Crippen LogP contribution is 2.18. The minimum Gasteiger partial charge on any atom is -0.361 e. The molecule has 1 saturated carbocycles. The Morgan fingerprint density at radius 2 is 2.22 bits per heavy atom. The Bertz CT molecular complexity index is 334. The Kier molecular flexibility index (Phi) is 5.68. The summed E-state index contributed by atoms with van der Waals surface area (Å²) in [6.07, 6.45) is 7.30. The molecule has 1 aliphatic carbocycles. The van der Waals surface area contributed by atoms with Gasteiger partial charge in [-0.15, -0.1) is 0 Å². The molecule has 4 heteroatoms. The third kappa shape index (κ3) is 5.19.